The molecule has 2 amide bonds. The quantitative estimate of drug-likeness (QED) is 0.870. The molecule has 2 aliphatic heterocycles. The minimum atomic E-state index is -0.340. The third-order valence-corrected chi connectivity index (χ3v) is 5.87. The molecule has 2 aliphatic rings. The predicted molar refractivity (Wildman–Crippen MR) is 112 cm³/mol. The molecule has 0 spiro atoms. The van der Waals surface area contributed by atoms with Gasteiger partial charge in [-0.1, -0.05) is 48.5 Å². The molecule has 0 radical (unpaired) electrons. The molecule has 4 rings (SSSR count). The van der Waals surface area contributed by atoms with Crippen molar-refractivity contribution >= 4 is 11.8 Å². The van der Waals surface area contributed by atoms with Crippen molar-refractivity contribution in [3.8, 4) is 11.1 Å². The van der Waals surface area contributed by atoms with Gasteiger partial charge in [0.15, 0.2) is 0 Å². The fraction of sp³-hybridized carbons (Fsp3) is 0.417. The van der Waals surface area contributed by atoms with Crippen LogP contribution in [-0.4, -0.2) is 49.1 Å². The lowest BCUT2D eigenvalue weighted by Crippen LogP contribution is -2.42. The van der Waals surface area contributed by atoms with Gasteiger partial charge in [0, 0.05) is 26.2 Å². The van der Waals surface area contributed by atoms with Crippen LogP contribution in [0.15, 0.2) is 48.5 Å². The van der Waals surface area contributed by atoms with Crippen molar-refractivity contribution in [1.29, 1.82) is 0 Å². The summed E-state index contributed by atoms with van der Waals surface area (Å²) < 4.78 is 5.57. The molecule has 29 heavy (non-hydrogen) atoms. The molecule has 2 aromatic carbocycles. The largest absolute Gasteiger partial charge is 0.368 e. The average molecular weight is 392 g/mol. The summed E-state index contributed by atoms with van der Waals surface area (Å²) in [5.74, 6) is -0.207. The SMILES string of the molecule is Cc1ccccc1-c1cccc(C[C@H]2CN(C(=O)[C@@H]3CCCO3)CCNC2=O)c1. The Hall–Kier alpha value is -2.66. The van der Waals surface area contributed by atoms with Crippen molar-refractivity contribution in [3.05, 3.63) is 59.7 Å². The number of nitrogens with one attached hydrogen (secondary N) is 1. The molecule has 2 atom stereocenters. The Morgan fingerprint density at radius 1 is 1.21 bits per heavy atom. The molecule has 2 heterocycles. The van der Waals surface area contributed by atoms with Crippen molar-refractivity contribution in [3.63, 3.8) is 0 Å². The summed E-state index contributed by atoms with van der Waals surface area (Å²) in [6.07, 6.45) is 1.98. The van der Waals surface area contributed by atoms with Gasteiger partial charge >= 0.3 is 0 Å². The first-order valence-electron chi connectivity index (χ1n) is 10.4. The number of rotatable bonds is 4. The fourth-order valence-corrected chi connectivity index (χ4v) is 4.28. The zero-order chi connectivity index (χ0) is 20.2. The molecule has 5 nitrogen and oxygen atoms in total. The van der Waals surface area contributed by atoms with E-state index >= 15 is 0 Å². The van der Waals surface area contributed by atoms with Crippen LogP contribution in [0, 0.1) is 12.8 Å². The smallest absolute Gasteiger partial charge is 0.251 e. The Balaban J connectivity index is 1.51. The molecule has 0 saturated carbocycles. The van der Waals surface area contributed by atoms with Gasteiger partial charge in [0.05, 0.1) is 5.92 Å². The molecule has 1 N–H and O–H groups in total. The first-order valence-corrected chi connectivity index (χ1v) is 10.4. The molecule has 0 bridgehead atoms. The van der Waals surface area contributed by atoms with E-state index in [4.69, 9.17) is 4.74 Å². The third-order valence-electron chi connectivity index (χ3n) is 5.87. The van der Waals surface area contributed by atoms with Gasteiger partial charge in [-0.2, -0.15) is 0 Å². The summed E-state index contributed by atoms with van der Waals surface area (Å²) in [6, 6.07) is 16.7. The van der Waals surface area contributed by atoms with Crippen LogP contribution < -0.4 is 5.32 Å². The minimum Gasteiger partial charge on any atom is -0.368 e. The van der Waals surface area contributed by atoms with E-state index in [1.165, 1.54) is 11.1 Å². The Morgan fingerprint density at radius 3 is 2.86 bits per heavy atom. The number of aryl methyl sites for hydroxylation is 1. The molecule has 2 saturated heterocycles. The maximum absolute atomic E-state index is 12.8. The van der Waals surface area contributed by atoms with E-state index in [0.717, 1.165) is 24.0 Å². The molecular formula is C24H28N2O3. The van der Waals surface area contributed by atoms with Gasteiger partial charge in [-0.15, -0.1) is 0 Å². The van der Waals surface area contributed by atoms with Crippen molar-refractivity contribution in [2.45, 2.75) is 32.3 Å². The molecule has 152 valence electrons. The van der Waals surface area contributed by atoms with Crippen LogP contribution in [0.3, 0.4) is 0 Å². The first-order chi connectivity index (χ1) is 14.1. The Kier molecular flexibility index (Phi) is 5.95. The van der Waals surface area contributed by atoms with E-state index in [1.54, 1.807) is 0 Å². The van der Waals surface area contributed by atoms with Gasteiger partial charge < -0.3 is 15.0 Å². The minimum absolute atomic E-state index is 0.0222. The molecule has 2 aromatic rings. The van der Waals surface area contributed by atoms with Crippen LogP contribution in [0.5, 0.6) is 0 Å². The van der Waals surface area contributed by atoms with Crippen LogP contribution in [0.2, 0.25) is 0 Å². The maximum Gasteiger partial charge on any atom is 0.251 e. The molecule has 5 heteroatoms. The van der Waals surface area contributed by atoms with Gasteiger partial charge in [-0.05, 0) is 48.4 Å². The molecule has 0 unspecified atom stereocenters. The Labute approximate surface area is 172 Å². The van der Waals surface area contributed by atoms with Crippen LogP contribution in [-0.2, 0) is 20.7 Å². The predicted octanol–water partition coefficient (Wildman–Crippen LogP) is 2.96. The highest BCUT2D eigenvalue weighted by atomic mass is 16.5. The number of hydrogen-bond donors (Lipinski definition) is 1. The second kappa shape index (κ2) is 8.78. The molecular weight excluding hydrogens is 364 g/mol. The molecule has 0 aliphatic carbocycles. The van der Waals surface area contributed by atoms with Gasteiger partial charge in [-0.25, -0.2) is 0 Å². The van der Waals surface area contributed by atoms with Crippen molar-refractivity contribution in [2.24, 2.45) is 5.92 Å². The summed E-state index contributed by atoms with van der Waals surface area (Å²) in [5.41, 5.74) is 4.69. The number of amides is 2. The maximum atomic E-state index is 12.8. The van der Waals surface area contributed by atoms with E-state index in [-0.39, 0.29) is 23.8 Å². The number of hydrogen-bond acceptors (Lipinski definition) is 3. The van der Waals surface area contributed by atoms with Crippen molar-refractivity contribution in [1.82, 2.24) is 10.2 Å². The number of ether oxygens (including phenoxy) is 1. The number of benzene rings is 2. The zero-order valence-corrected chi connectivity index (χ0v) is 16.9. The Bertz CT molecular complexity index is 889. The highest BCUT2D eigenvalue weighted by molar-refractivity contribution is 5.84. The second-order valence-electron chi connectivity index (χ2n) is 7.99. The zero-order valence-electron chi connectivity index (χ0n) is 16.9. The van der Waals surface area contributed by atoms with E-state index in [9.17, 15) is 9.59 Å². The first kappa shape index (κ1) is 19.6. The number of carbonyl (C=O) groups is 2. The molecule has 0 aromatic heterocycles. The van der Waals surface area contributed by atoms with Crippen LogP contribution in [0.25, 0.3) is 11.1 Å². The summed E-state index contributed by atoms with van der Waals surface area (Å²) >= 11 is 0. The van der Waals surface area contributed by atoms with Crippen LogP contribution in [0.1, 0.15) is 24.0 Å². The Morgan fingerprint density at radius 2 is 2.07 bits per heavy atom. The lowest BCUT2D eigenvalue weighted by molar-refractivity contribution is -0.141. The standard InChI is InChI=1S/C24H28N2O3/c1-17-6-2-3-9-21(17)19-8-4-7-18(14-19)15-20-16-26(12-11-25-23(20)27)24(28)22-10-5-13-29-22/h2-4,6-9,14,20,22H,5,10-13,15-16H2,1H3,(H,25,27)/t20-,22-/m0/s1. The van der Waals surface area contributed by atoms with Gasteiger partial charge in [0.1, 0.15) is 6.10 Å². The van der Waals surface area contributed by atoms with E-state index in [0.29, 0.717) is 32.7 Å². The molecule has 2 fully saturated rings. The highest BCUT2D eigenvalue weighted by Crippen LogP contribution is 2.25. The number of nitrogens with zero attached hydrogens (tertiary/aromatic N) is 1. The lowest BCUT2D eigenvalue weighted by Gasteiger charge is -2.25. The summed E-state index contributed by atoms with van der Waals surface area (Å²) in [7, 11) is 0. The summed E-state index contributed by atoms with van der Waals surface area (Å²) in [6.45, 7) is 4.24. The van der Waals surface area contributed by atoms with Gasteiger partial charge in [0.2, 0.25) is 5.91 Å². The lowest BCUT2D eigenvalue weighted by atomic mass is 9.94. The fourth-order valence-electron chi connectivity index (χ4n) is 4.28. The number of carbonyl (C=O) groups excluding carboxylic acids is 2. The van der Waals surface area contributed by atoms with E-state index in [2.05, 4.69) is 42.6 Å². The highest BCUT2D eigenvalue weighted by Gasteiger charge is 2.33. The van der Waals surface area contributed by atoms with Gasteiger partial charge in [0.25, 0.3) is 5.91 Å². The third kappa shape index (κ3) is 4.51. The van der Waals surface area contributed by atoms with Crippen molar-refractivity contribution in [2.75, 3.05) is 26.2 Å². The average Bonchev–Trinajstić information content (AvgIpc) is 3.21. The van der Waals surface area contributed by atoms with Crippen LogP contribution in [0.4, 0.5) is 0 Å². The summed E-state index contributed by atoms with van der Waals surface area (Å²) in [4.78, 5) is 27.2. The monoisotopic (exact) mass is 392 g/mol. The topological polar surface area (TPSA) is 58.6 Å². The van der Waals surface area contributed by atoms with Crippen LogP contribution >= 0.6 is 0 Å². The van der Waals surface area contributed by atoms with Crippen molar-refractivity contribution < 1.29 is 14.3 Å². The van der Waals surface area contributed by atoms with E-state index < -0.39 is 0 Å². The second-order valence-corrected chi connectivity index (χ2v) is 7.99. The van der Waals surface area contributed by atoms with E-state index in [1.807, 2.05) is 23.1 Å². The summed E-state index contributed by atoms with van der Waals surface area (Å²) in [5, 5.41) is 2.97. The normalized spacial score (nSPS) is 22.2. The van der Waals surface area contributed by atoms with Gasteiger partial charge in [-0.3, -0.25) is 9.59 Å².